The average molecular weight is 496 g/mol. The number of ether oxygens (including phenoxy) is 1. The first-order chi connectivity index (χ1) is 16.6. The maximum absolute atomic E-state index is 12.9. The highest BCUT2D eigenvalue weighted by atomic mass is 32.2. The van der Waals surface area contributed by atoms with E-state index in [1.807, 2.05) is 0 Å². The molecule has 3 N–H and O–H groups in total. The quantitative estimate of drug-likeness (QED) is 0.182. The van der Waals surface area contributed by atoms with Gasteiger partial charge in [-0.3, -0.25) is 14.8 Å². The smallest absolute Gasteiger partial charge is 0.338 e. The summed E-state index contributed by atoms with van der Waals surface area (Å²) in [5.41, 5.74) is 2.15. The first kappa shape index (κ1) is 23.7. The van der Waals surface area contributed by atoms with Gasteiger partial charge in [0, 0.05) is 23.5 Å². The molecule has 35 heavy (non-hydrogen) atoms. The lowest BCUT2D eigenvalue weighted by Gasteiger charge is -2.10. The van der Waals surface area contributed by atoms with E-state index in [9.17, 15) is 23.3 Å². The van der Waals surface area contributed by atoms with Crippen LogP contribution in [-0.4, -0.2) is 35.4 Å². The Morgan fingerprint density at radius 3 is 2.31 bits per heavy atom. The van der Waals surface area contributed by atoms with E-state index in [1.54, 1.807) is 32.0 Å². The third-order valence-corrected chi connectivity index (χ3v) is 6.20. The molecule has 0 spiro atoms. The lowest BCUT2D eigenvalue weighted by Crippen LogP contribution is -2.14. The highest BCUT2D eigenvalue weighted by molar-refractivity contribution is 7.92. The number of fused-ring (bicyclic) bond motifs is 1. The number of hydrogen-bond acceptors (Lipinski definition) is 8. The fourth-order valence-electron chi connectivity index (χ4n) is 3.19. The predicted molar refractivity (Wildman–Crippen MR) is 130 cm³/mol. The zero-order chi connectivity index (χ0) is 25.2. The second-order valence-electron chi connectivity index (χ2n) is 7.83. The Morgan fingerprint density at radius 1 is 1.03 bits per heavy atom. The van der Waals surface area contributed by atoms with Gasteiger partial charge >= 0.3 is 5.97 Å². The zero-order valence-electron chi connectivity index (χ0n) is 18.7. The Morgan fingerprint density at radius 2 is 1.69 bits per heavy atom. The van der Waals surface area contributed by atoms with Crippen molar-refractivity contribution in [3.63, 3.8) is 0 Å². The number of anilines is 3. The van der Waals surface area contributed by atoms with E-state index >= 15 is 0 Å². The SMILES string of the molecule is CC(C)OC(=O)c1ccc(NS(=O)(=O)c2ccc3nc(Nc4ccc([N+](=O)[O-])cc4)[nH]c3c2)cc1. The molecule has 3 aromatic carbocycles. The van der Waals surface area contributed by atoms with E-state index in [1.165, 1.54) is 48.5 Å². The Labute approximate surface area is 200 Å². The van der Waals surface area contributed by atoms with E-state index in [2.05, 4.69) is 20.0 Å². The van der Waals surface area contributed by atoms with E-state index in [4.69, 9.17) is 4.74 Å². The summed E-state index contributed by atoms with van der Waals surface area (Å²) < 4.78 is 33.4. The number of sulfonamides is 1. The van der Waals surface area contributed by atoms with Crippen LogP contribution >= 0.6 is 0 Å². The number of nitrogens with one attached hydrogen (secondary N) is 3. The molecule has 4 rings (SSSR count). The van der Waals surface area contributed by atoms with Crippen LogP contribution in [0, 0.1) is 10.1 Å². The zero-order valence-corrected chi connectivity index (χ0v) is 19.5. The summed E-state index contributed by atoms with van der Waals surface area (Å²) in [6.07, 6.45) is -0.261. The van der Waals surface area contributed by atoms with Crippen LogP contribution in [0.4, 0.5) is 23.0 Å². The van der Waals surface area contributed by atoms with Crippen molar-refractivity contribution in [1.82, 2.24) is 9.97 Å². The molecule has 11 nitrogen and oxygen atoms in total. The molecular weight excluding hydrogens is 474 g/mol. The van der Waals surface area contributed by atoms with Gasteiger partial charge in [-0.25, -0.2) is 18.2 Å². The van der Waals surface area contributed by atoms with Crippen LogP contribution in [0.3, 0.4) is 0 Å². The standard InChI is InChI=1S/C23H21N5O6S/c1-14(2)34-22(29)15-3-5-17(6-4-15)27-35(32,33)19-11-12-20-21(13-19)26-23(25-20)24-16-7-9-18(10-8-16)28(30)31/h3-14,27H,1-2H3,(H2,24,25,26). The molecule has 0 aliphatic rings. The molecule has 0 aliphatic heterocycles. The van der Waals surface area contributed by atoms with Crippen LogP contribution in [0.1, 0.15) is 24.2 Å². The number of H-pyrrole nitrogens is 1. The second-order valence-corrected chi connectivity index (χ2v) is 9.51. The van der Waals surface area contributed by atoms with Gasteiger partial charge in [-0.15, -0.1) is 0 Å². The number of nitrogens with zero attached hydrogens (tertiary/aromatic N) is 2. The largest absolute Gasteiger partial charge is 0.459 e. The minimum atomic E-state index is -3.92. The molecule has 0 aliphatic carbocycles. The number of nitro benzene ring substituents is 1. The molecule has 0 unspecified atom stereocenters. The number of carbonyl (C=O) groups excluding carboxylic acids is 1. The van der Waals surface area contributed by atoms with Crippen molar-refractivity contribution in [2.45, 2.75) is 24.8 Å². The maximum Gasteiger partial charge on any atom is 0.338 e. The molecule has 4 aromatic rings. The van der Waals surface area contributed by atoms with Crippen molar-refractivity contribution in [2.75, 3.05) is 10.0 Å². The highest BCUT2D eigenvalue weighted by Gasteiger charge is 2.17. The van der Waals surface area contributed by atoms with Crippen molar-refractivity contribution < 1.29 is 22.9 Å². The van der Waals surface area contributed by atoms with Gasteiger partial charge in [0.05, 0.1) is 32.5 Å². The summed E-state index contributed by atoms with van der Waals surface area (Å²) >= 11 is 0. The summed E-state index contributed by atoms with van der Waals surface area (Å²) in [7, 11) is -3.92. The number of non-ortho nitro benzene ring substituents is 1. The molecular formula is C23H21N5O6S. The van der Waals surface area contributed by atoms with Gasteiger partial charge in [-0.05, 0) is 68.4 Å². The van der Waals surface area contributed by atoms with Crippen LogP contribution in [0.15, 0.2) is 71.6 Å². The number of aromatic amines is 1. The van der Waals surface area contributed by atoms with Crippen LogP contribution in [0.5, 0.6) is 0 Å². The Balaban J connectivity index is 1.50. The summed E-state index contributed by atoms with van der Waals surface area (Å²) in [6.45, 7) is 3.48. The average Bonchev–Trinajstić information content (AvgIpc) is 3.20. The molecule has 0 saturated carbocycles. The molecule has 0 amide bonds. The fraction of sp³-hybridized carbons (Fsp3) is 0.130. The third-order valence-electron chi connectivity index (χ3n) is 4.82. The number of carbonyl (C=O) groups is 1. The van der Waals surface area contributed by atoms with Crippen molar-refractivity contribution in [1.29, 1.82) is 0 Å². The first-order valence-corrected chi connectivity index (χ1v) is 11.9. The van der Waals surface area contributed by atoms with E-state index in [-0.39, 0.29) is 22.4 Å². The van der Waals surface area contributed by atoms with Gasteiger partial charge in [0.15, 0.2) is 0 Å². The van der Waals surface area contributed by atoms with Gasteiger partial charge < -0.3 is 15.0 Å². The van der Waals surface area contributed by atoms with Crippen molar-refractivity contribution in [3.8, 4) is 0 Å². The van der Waals surface area contributed by atoms with Crippen molar-refractivity contribution in [2.24, 2.45) is 0 Å². The molecule has 0 fully saturated rings. The molecule has 0 atom stereocenters. The van der Waals surface area contributed by atoms with Gasteiger partial charge in [0.25, 0.3) is 15.7 Å². The lowest BCUT2D eigenvalue weighted by molar-refractivity contribution is -0.384. The Hall–Kier alpha value is -4.45. The number of nitro groups is 1. The predicted octanol–water partition coefficient (Wildman–Crippen LogP) is 4.58. The third kappa shape index (κ3) is 5.55. The van der Waals surface area contributed by atoms with Crippen molar-refractivity contribution >= 4 is 50.0 Å². The lowest BCUT2D eigenvalue weighted by atomic mass is 10.2. The van der Waals surface area contributed by atoms with Gasteiger partial charge in [-0.1, -0.05) is 0 Å². The van der Waals surface area contributed by atoms with E-state index in [0.717, 1.165) is 0 Å². The Bertz CT molecular complexity index is 1500. The van der Waals surface area contributed by atoms with Crippen LogP contribution in [-0.2, 0) is 14.8 Å². The monoisotopic (exact) mass is 495 g/mol. The fourth-order valence-corrected chi connectivity index (χ4v) is 4.27. The first-order valence-electron chi connectivity index (χ1n) is 10.5. The molecule has 1 aromatic heterocycles. The van der Waals surface area contributed by atoms with Gasteiger partial charge in [0.1, 0.15) is 0 Å². The molecule has 0 radical (unpaired) electrons. The molecule has 12 heteroatoms. The number of imidazole rings is 1. The number of esters is 1. The number of benzene rings is 3. The molecule has 180 valence electrons. The second kappa shape index (κ2) is 9.43. The molecule has 0 bridgehead atoms. The summed E-state index contributed by atoms with van der Waals surface area (Å²) in [5.74, 6) is -0.141. The summed E-state index contributed by atoms with van der Waals surface area (Å²) in [5, 5.41) is 13.8. The van der Waals surface area contributed by atoms with Crippen molar-refractivity contribution in [3.05, 3.63) is 82.4 Å². The topological polar surface area (TPSA) is 156 Å². The number of aromatic nitrogens is 2. The van der Waals surface area contributed by atoms with Crippen LogP contribution < -0.4 is 10.0 Å². The number of rotatable bonds is 8. The normalized spacial score (nSPS) is 11.4. The maximum atomic E-state index is 12.9. The summed E-state index contributed by atoms with van der Waals surface area (Å²) in [6, 6.07) is 16.2. The van der Waals surface area contributed by atoms with Gasteiger partial charge in [-0.2, -0.15) is 0 Å². The Kier molecular flexibility index (Phi) is 6.38. The highest BCUT2D eigenvalue weighted by Crippen LogP contribution is 2.24. The van der Waals surface area contributed by atoms with Gasteiger partial charge in [0.2, 0.25) is 5.95 Å². The van der Waals surface area contributed by atoms with E-state index < -0.39 is 20.9 Å². The van der Waals surface area contributed by atoms with Crippen LogP contribution in [0.25, 0.3) is 11.0 Å². The minimum Gasteiger partial charge on any atom is -0.459 e. The van der Waals surface area contributed by atoms with E-state index in [0.29, 0.717) is 28.2 Å². The molecule has 0 saturated heterocycles. The number of hydrogen-bond donors (Lipinski definition) is 3. The minimum absolute atomic E-state index is 0.0128. The molecule has 1 heterocycles. The summed E-state index contributed by atoms with van der Waals surface area (Å²) in [4.78, 5) is 29.6. The van der Waals surface area contributed by atoms with Crippen LogP contribution in [0.2, 0.25) is 0 Å².